The average Bonchev–Trinajstić information content (AvgIpc) is 2.84. The summed E-state index contributed by atoms with van der Waals surface area (Å²) in [6.07, 6.45) is 5.97. The summed E-state index contributed by atoms with van der Waals surface area (Å²) in [5.41, 5.74) is 2.11. The van der Waals surface area contributed by atoms with E-state index in [0.29, 0.717) is 26.0 Å². The van der Waals surface area contributed by atoms with Crippen LogP contribution in [0.25, 0.3) is 6.08 Å². The van der Waals surface area contributed by atoms with E-state index in [4.69, 9.17) is 9.47 Å². The van der Waals surface area contributed by atoms with Crippen molar-refractivity contribution in [2.75, 3.05) is 27.2 Å². The molecule has 0 aliphatic rings. The minimum absolute atomic E-state index is 0.110. The highest BCUT2D eigenvalue weighted by molar-refractivity contribution is 5.78. The van der Waals surface area contributed by atoms with Gasteiger partial charge in [-0.25, -0.2) is 0 Å². The zero-order valence-corrected chi connectivity index (χ0v) is 27.1. The molecular formula is C34H57NO4. The Morgan fingerprint density at radius 2 is 1.51 bits per heavy atom. The molecule has 1 aromatic carbocycles. The largest absolute Gasteiger partial charge is 0.464 e. The molecule has 0 N–H and O–H groups in total. The van der Waals surface area contributed by atoms with Gasteiger partial charge < -0.3 is 14.4 Å². The van der Waals surface area contributed by atoms with Gasteiger partial charge >= 0.3 is 11.9 Å². The molecule has 5 heteroatoms. The Morgan fingerprint density at radius 3 is 2.03 bits per heavy atom. The van der Waals surface area contributed by atoms with E-state index in [1.165, 1.54) is 5.57 Å². The lowest BCUT2D eigenvalue weighted by atomic mass is 9.56. The number of carbonyl (C=O) groups is 2. The second-order valence-corrected chi connectivity index (χ2v) is 13.7. The number of likely N-dealkylation sites (N-methyl/N-ethyl adjacent to an activating group) is 1. The van der Waals surface area contributed by atoms with Crippen LogP contribution >= 0.6 is 0 Å². The summed E-state index contributed by atoms with van der Waals surface area (Å²) in [4.78, 5) is 28.1. The molecule has 0 spiro atoms. The zero-order chi connectivity index (χ0) is 30.1. The second kappa shape index (κ2) is 14.5. The minimum Gasteiger partial charge on any atom is -0.464 e. The van der Waals surface area contributed by atoms with Gasteiger partial charge in [-0.1, -0.05) is 98.2 Å². The highest BCUT2D eigenvalue weighted by Gasteiger charge is 2.51. The van der Waals surface area contributed by atoms with Gasteiger partial charge in [-0.05, 0) is 74.1 Å². The second-order valence-electron chi connectivity index (χ2n) is 13.7. The first-order valence-electron chi connectivity index (χ1n) is 14.7. The third kappa shape index (κ3) is 10.1. The molecule has 222 valence electrons. The molecule has 0 radical (unpaired) electrons. The number of benzene rings is 1. The third-order valence-corrected chi connectivity index (χ3v) is 8.73. The van der Waals surface area contributed by atoms with Crippen LogP contribution in [-0.2, 0) is 25.7 Å². The van der Waals surface area contributed by atoms with E-state index in [1.54, 1.807) is 0 Å². The lowest BCUT2D eigenvalue weighted by Crippen LogP contribution is -2.47. The Balaban J connectivity index is 3.39. The first-order chi connectivity index (χ1) is 17.9. The third-order valence-electron chi connectivity index (χ3n) is 8.73. The van der Waals surface area contributed by atoms with Gasteiger partial charge in [0.05, 0.1) is 11.8 Å². The number of hydrogen-bond donors (Lipinski definition) is 0. The van der Waals surface area contributed by atoms with Crippen LogP contribution in [-0.4, -0.2) is 44.1 Å². The van der Waals surface area contributed by atoms with Gasteiger partial charge in [0, 0.05) is 6.54 Å². The summed E-state index contributed by atoms with van der Waals surface area (Å²) in [7, 11) is 3.97. The fraction of sp³-hybridized carbons (Fsp3) is 0.706. The molecule has 2 atom stereocenters. The summed E-state index contributed by atoms with van der Waals surface area (Å²) in [6.45, 7) is 22.8. The van der Waals surface area contributed by atoms with E-state index in [9.17, 15) is 9.59 Å². The zero-order valence-electron chi connectivity index (χ0n) is 27.1. The molecule has 0 aliphatic carbocycles. The number of esters is 2. The van der Waals surface area contributed by atoms with Crippen LogP contribution in [0.3, 0.4) is 0 Å². The molecule has 0 aliphatic heterocycles. The van der Waals surface area contributed by atoms with Gasteiger partial charge in [-0.15, -0.1) is 0 Å². The maximum absolute atomic E-state index is 13.7. The quantitative estimate of drug-likeness (QED) is 0.208. The molecule has 2 unspecified atom stereocenters. The summed E-state index contributed by atoms with van der Waals surface area (Å²) >= 11 is 0. The molecule has 0 amide bonds. The first kappa shape index (κ1) is 34.9. The lowest BCUT2D eigenvalue weighted by molar-refractivity contribution is -0.166. The molecule has 39 heavy (non-hydrogen) atoms. The molecule has 0 heterocycles. The van der Waals surface area contributed by atoms with Crippen molar-refractivity contribution in [1.29, 1.82) is 0 Å². The molecular weight excluding hydrogens is 486 g/mol. The van der Waals surface area contributed by atoms with E-state index >= 15 is 0 Å². The van der Waals surface area contributed by atoms with Crippen molar-refractivity contribution < 1.29 is 19.1 Å². The van der Waals surface area contributed by atoms with Gasteiger partial charge in [0.15, 0.2) is 0 Å². The summed E-state index contributed by atoms with van der Waals surface area (Å²) in [6, 6.07) is 8.12. The predicted molar refractivity (Wildman–Crippen MR) is 163 cm³/mol. The van der Waals surface area contributed by atoms with Crippen molar-refractivity contribution in [3.8, 4) is 0 Å². The van der Waals surface area contributed by atoms with E-state index in [1.807, 2.05) is 58.0 Å². The Kier molecular flexibility index (Phi) is 13.0. The van der Waals surface area contributed by atoms with Crippen molar-refractivity contribution in [3.05, 3.63) is 41.0 Å². The van der Waals surface area contributed by atoms with E-state index in [2.05, 4.69) is 60.6 Å². The number of hydrogen-bond acceptors (Lipinski definition) is 5. The van der Waals surface area contributed by atoms with Crippen molar-refractivity contribution in [2.24, 2.45) is 21.7 Å². The van der Waals surface area contributed by atoms with Crippen LogP contribution in [0.5, 0.6) is 0 Å². The summed E-state index contributed by atoms with van der Waals surface area (Å²) in [5, 5.41) is 0. The number of carbonyl (C=O) groups excluding carboxylic acids is 2. The molecule has 5 nitrogen and oxygen atoms in total. The Hall–Kier alpha value is -2.14. The van der Waals surface area contributed by atoms with E-state index in [-0.39, 0.29) is 34.8 Å². The smallest absolute Gasteiger partial charge is 0.312 e. The maximum Gasteiger partial charge on any atom is 0.312 e. The summed E-state index contributed by atoms with van der Waals surface area (Å²) in [5.74, 6) is -0.293. The fourth-order valence-corrected chi connectivity index (χ4v) is 5.04. The number of allylic oxidation sites excluding steroid dienone is 1. The van der Waals surface area contributed by atoms with Crippen molar-refractivity contribution in [3.63, 3.8) is 0 Å². The van der Waals surface area contributed by atoms with Crippen molar-refractivity contribution in [1.82, 2.24) is 4.90 Å². The molecule has 0 bridgehead atoms. The van der Waals surface area contributed by atoms with Crippen LogP contribution in [0.15, 0.2) is 29.8 Å². The first-order valence-corrected chi connectivity index (χ1v) is 14.7. The molecule has 0 aromatic heterocycles. The molecule has 1 aromatic rings. The molecule has 0 saturated carbocycles. The van der Waals surface area contributed by atoms with Gasteiger partial charge in [0.2, 0.25) is 0 Å². The monoisotopic (exact) mass is 543 g/mol. The van der Waals surface area contributed by atoms with Crippen LogP contribution in [0, 0.1) is 21.7 Å². The number of rotatable bonds is 15. The molecule has 0 saturated heterocycles. The average molecular weight is 544 g/mol. The Labute approximate surface area is 239 Å². The van der Waals surface area contributed by atoms with Gasteiger partial charge in [0.1, 0.15) is 13.2 Å². The highest BCUT2D eigenvalue weighted by Crippen LogP contribution is 2.53. The molecule has 0 fully saturated rings. The Morgan fingerprint density at radius 1 is 0.897 bits per heavy atom. The van der Waals surface area contributed by atoms with E-state index in [0.717, 1.165) is 30.4 Å². The SMILES string of the molecule is CC/C(=C\c1ccccc1COC(=O)CC(C)(C)C)C(C)(CC)CC(C)(C(=O)OCCN(C)C)C(C)(C)CC. The van der Waals surface area contributed by atoms with Crippen LogP contribution < -0.4 is 0 Å². The standard InChI is InChI=1S/C34H57NO4/c1-13-28(22-26-18-16-17-19-27(26)24-39-29(36)23-31(4,5)6)33(9,15-3)25-34(10,32(7,8)14-2)30(37)38-21-20-35(11)12/h16-19,22H,13-15,20-21,23-25H2,1-12H3/b28-22+. The van der Waals surface area contributed by atoms with Crippen LogP contribution in [0.4, 0.5) is 0 Å². The topological polar surface area (TPSA) is 55.8 Å². The van der Waals surface area contributed by atoms with Gasteiger partial charge in [-0.2, -0.15) is 0 Å². The normalized spacial score (nSPS) is 16.0. The lowest BCUT2D eigenvalue weighted by Gasteiger charge is -2.47. The maximum atomic E-state index is 13.7. The minimum atomic E-state index is -0.658. The number of nitrogens with zero attached hydrogens (tertiary/aromatic N) is 1. The van der Waals surface area contributed by atoms with E-state index < -0.39 is 5.41 Å². The molecule has 1 rings (SSSR count). The van der Waals surface area contributed by atoms with Crippen LogP contribution in [0.1, 0.15) is 112 Å². The van der Waals surface area contributed by atoms with Gasteiger partial charge in [-0.3, -0.25) is 9.59 Å². The highest BCUT2D eigenvalue weighted by atomic mass is 16.5. The Bertz CT molecular complexity index is 972. The van der Waals surface area contributed by atoms with Crippen molar-refractivity contribution >= 4 is 18.0 Å². The predicted octanol–water partition coefficient (Wildman–Crippen LogP) is 8.31. The number of ether oxygens (including phenoxy) is 2. The van der Waals surface area contributed by atoms with Crippen molar-refractivity contribution in [2.45, 2.75) is 108 Å². The summed E-state index contributed by atoms with van der Waals surface area (Å²) < 4.78 is 11.6. The van der Waals surface area contributed by atoms with Gasteiger partial charge in [0.25, 0.3) is 0 Å². The fourth-order valence-electron chi connectivity index (χ4n) is 5.04. The van der Waals surface area contributed by atoms with Crippen LogP contribution in [0.2, 0.25) is 0 Å².